The number of nitrogens with two attached hydrogens (primary N) is 1. The van der Waals surface area contributed by atoms with Crippen molar-refractivity contribution in [2.45, 2.75) is 19.0 Å². The van der Waals surface area contributed by atoms with E-state index < -0.39 is 18.0 Å². The van der Waals surface area contributed by atoms with Crippen LogP contribution in [0.15, 0.2) is 6.20 Å². The lowest BCUT2D eigenvalue weighted by atomic mass is 10.2. The lowest BCUT2D eigenvalue weighted by Gasteiger charge is -2.32. The zero-order valence-corrected chi connectivity index (χ0v) is 11.2. The number of rotatable bonds is 4. The molecule has 0 radical (unpaired) electrons. The second-order valence-corrected chi connectivity index (χ2v) is 4.54. The molecule has 0 aliphatic carbocycles. The molecule has 0 saturated carbocycles. The average Bonchev–Trinajstić information content (AvgIpc) is 2.88. The van der Waals surface area contributed by atoms with E-state index in [-0.39, 0.29) is 25.5 Å². The number of carbonyl (C=O) groups is 2. The monoisotopic (exact) mass is 293 g/mol. The molecule has 0 bridgehead atoms. The molecule has 0 spiro atoms. The van der Waals surface area contributed by atoms with E-state index in [2.05, 4.69) is 9.83 Å². The Morgan fingerprint density at radius 3 is 3.00 bits per heavy atom. The van der Waals surface area contributed by atoms with Crippen LogP contribution in [-0.4, -0.2) is 51.3 Å². The molecule has 1 unspecified atom stereocenters. The molecular formula is C12H15N5O4. The summed E-state index contributed by atoms with van der Waals surface area (Å²) >= 11 is 0. The first-order chi connectivity index (χ1) is 10.0. The first-order valence-corrected chi connectivity index (χ1v) is 6.33. The molecule has 2 heterocycles. The van der Waals surface area contributed by atoms with Crippen LogP contribution in [-0.2, 0) is 16.1 Å². The Morgan fingerprint density at radius 2 is 2.38 bits per heavy atom. The van der Waals surface area contributed by atoms with E-state index >= 15 is 0 Å². The van der Waals surface area contributed by atoms with E-state index in [0.29, 0.717) is 18.8 Å². The van der Waals surface area contributed by atoms with Crippen molar-refractivity contribution in [1.29, 1.82) is 0 Å². The minimum Gasteiger partial charge on any atom is -0.481 e. The number of aromatic nitrogens is 2. The molecule has 2 rings (SSSR count). The maximum absolute atomic E-state index is 11.4. The van der Waals surface area contributed by atoms with E-state index in [1.807, 2.05) is 0 Å². The van der Waals surface area contributed by atoms with Crippen molar-refractivity contribution in [2.75, 3.05) is 19.8 Å². The summed E-state index contributed by atoms with van der Waals surface area (Å²) in [6.45, 7) is 8.23. The highest BCUT2D eigenvalue weighted by molar-refractivity contribution is 5.72. The van der Waals surface area contributed by atoms with Crippen LogP contribution in [0, 0.1) is 6.57 Å². The Morgan fingerprint density at radius 1 is 1.62 bits per heavy atom. The summed E-state index contributed by atoms with van der Waals surface area (Å²) in [6, 6.07) is -1.03. The Labute approximate surface area is 120 Å². The van der Waals surface area contributed by atoms with E-state index in [1.165, 1.54) is 9.47 Å². The lowest BCUT2D eigenvalue weighted by molar-refractivity contribution is -0.137. The number of primary amides is 1. The van der Waals surface area contributed by atoms with E-state index in [4.69, 9.17) is 22.1 Å². The summed E-state index contributed by atoms with van der Waals surface area (Å²) in [5.74, 6) is -0.873. The maximum Gasteiger partial charge on any atom is 0.338 e. The Hall–Kier alpha value is -2.60. The molecule has 9 nitrogen and oxygen atoms in total. The molecule has 0 aromatic carbocycles. The van der Waals surface area contributed by atoms with Gasteiger partial charge in [-0.05, 0) is 0 Å². The van der Waals surface area contributed by atoms with Gasteiger partial charge in [0.15, 0.2) is 5.69 Å². The number of nitrogens with zero attached hydrogens (tertiary/aromatic N) is 4. The van der Waals surface area contributed by atoms with Crippen molar-refractivity contribution in [3.05, 3.63) is 23.3 Å². The minimum atomic E-state index is -0.957. The minimum absolute atomic E-state index is 0.0845. The standard InChI is InChI=1S/C12H15N5O4/c1-14-12-15-8(6-16(12)3-2-10(18)19)9-7-21-5-4-17(9)11(13)20/h6,9H,2-5,7H2,(H2,13,20)(H,18,19). The largest absolute Gasteiger partial charge is 0.481 e. The van der Waals surface area contributed by atoms with Crippen LogP contribution >= 0.6 is 0 Å². The first-order valence-electron chi connectivity index (χ1n) is 6.33. The molecule has 1 aromatic heterocycles. The SMILES string of the molecule is [C-]#[N+]c1nc(C2COCCN2C(N)=O)cn1CCC(=O)O. The maximum atomic E-state index is 11.4. The summed E-state index contributed by atoms with van der Waals surface area (Å²) < 4.78 is 6.79. The smallest absolute Gasteiger partial charge is 0.338 e. The van der Waals surface area contributed by atoms with Crippen molar-refractivity contribution in [3.63, 3.8) is 0 Å². The van der Waals surface area contributed by atoms with Gasteiger partial charge < -0.3 is 25.3 Å². The van der Waals surface area contributed by atoms with Gasteiger partial charge in [-0.2, -0.15) is 4.98 Å². The van der Waals surface area contributed by atoms with Gasteiger partial charge >= 0.3 is 17.9 Å². The van der Waals surface area contributed by atoms with Gasteiger partial charge in [0.25, 0.3) is 0 Å². The molecule has 1 saturated heterocycles. The highest BCUT2D eigenvalue weighted by Crippen LogP contribution is 2.26. The van der Waals surface area contributed by atoms with Crippen LogP contribution in [0.25, 0.3) is 4.85 Å². The zero-order valence-electron chi connectivity index (χ0n) is 11.2. The molecule has 3 N–H and O–H groups in total. The number of urea groups is 1. The Kier molecular flexibility index (Phi) is 4.39. The van der Waals surface area contributed by atoms with Gasteiger partial charge in [0.05, 0.1) is 32.4 Å². The highest BCUT2D eigenvalue weighted by Gasteiger charge is 2.31. The number of amides is 2. The van der Waals surface area contributed by atoms with Crippen LogP contribution in [0.1, 0.15) is 18.2 Å². The van der Waals surface area contributed by atoms with Gasteiger partial charge in [0, 0.05) is 6.54 Å². The fraction of sp³-hybridized carbons (Fsp3) is 0.500. The second-order valence-electron chi connectivity index (χ2n) is 4.54. The summed E-state index contributed by atoms with van der Waals surface area (Å²) in [6.07, 6.45) is 1.46. The molecule has 1 atom stereocenters. The number of carbonyl (C=O) groups excluding carboxylic acids is 1. The van der Waals surface area contributed by atoms with Crippen LogP contribution in [0.4, 0.5) is 10.7 Å². The number of hydrogen-bond donors (Lipinski definition) is 2. The normalized spacial score (nSPS) is 18.2. The van der Waals surface area contributed by atoms with Crippen LogP contribution in [0.3, 0.4) is 0 Å². The molecule has 1 aliphatic heterocycles. The number of ether oxygens (including phenoxy) is 1. The molecule has 112 valence electrons. The second kappa shape index (κ2) is 6.23. The van der Waals surface area contributed by atoms with Gasteiger partial charge in [-0.1, -0.05) is 0 Å². The summed E-state index contributed by atoms with van der Waals surface area (Å²) in [4.78, 5) is 30.9. The molecule has 1 fully saturated rings. The number of aliphatic carboxylic acids is 1. The number of carboxylic acids is 1. The fourth-order valence-corrected chi connectivity index (χ4v) is 2.17. The number of hydrogen-bond acceptors (Lipinski definition) is 4. The quantitative estimate of drug-likeness (QED) is 0.778. The van der Waals surface area contributed by atoms with Crippen LogP contribution < -0.4 is 5.73 Å². The lowest BCUT2D eigenvalue weighted by Crippen LogP contribution is -2.46. The van der Waals surface area contributed by atoms with E-state index in [0.717, 1.165) is 0 Å². The van der Waals surface area contributed by atoms with Gasteiger partial charge in [-0.25, -0.2) is 4.79 Å². The van der Waals surface area contributed by atoms with Gasteiger partial charge in [-0.15, -0.1) is 6.57 Å². The Bertz CT molecular complexity index is 591. The predicted octanol–water partition coefficient (Wildman–Crippen LogP) is 0.361. The van der Waals surface area contributed by atoms with Gasteiger partial charge in [-0.3, -0.25) is 9.36 Å². The average molecular weight is 293 g/mol. The highest BCUT2D eigenvalue weighted by atomic mass is 16.5. The zero-order chi connectivity index (χ0) is 15.4. The third-order valence-corrected chi connectivity index (χ3v) is 3.19. The van der Waals surface area contributed by atoms with Gasteiger partial charge in [0.2, 0.25) is 0 Å². The number of aryl methyl sites for hydroxylation is 1. The summed E-state index contributed by atoms with van der Waals surface area (Å²) in [5.41, 5.74) is 5.81. The molecule has 2 amide bonds. The molecule has 1 aliphatic rings. The van der Waals surface area contributed by atoms with Crippen molar-refractivity contribution < 1.29 is 19.4 Å². The topological polar surface area (TPSA) is 115 Å². The van der Waals surface area contributed by atoms with Crippen LogP contribution in [0.5, 0.6) is 0 Å². The van der Waals surface area contributed by atoms with Crippen molar-refractivity contribution in [3.8, 4) is 0 Å². The molecule has 1 aromatic rings. The third-order valence-electron chi connectivity index (χ3n) is 3.19. The number of morpholine rings is 1. The van der Waals surface area contributed by atoms with Crippen molar-refractivity contribution in [1.82, 2.24) is 14.5 Å². The molecule has 21 heavy (non-hydrogen) atoms. The third kappa shape index (κ3) is 3.29. The van der Waals surface area contributed by atoms with Crippen molar-refractivity contribution in [2.24, 2.45) is 5.73 Å². The summed E-state index contributed by atoms with van der Waals surface area (Å²) in [7, 11) is 0. The Balaban J connectivity index is 2.24. The summed E-state index contributed by atoms with van der Waals surface area (Å²) in [5, 5.41) is 8.71. The molecule has 9 heteroatoms. The fourth-order valence-electron chi connectivity index (χ4n) is 2.17. The van der Waals surface area contributed by atoms with Gasteiger partial charge in [0.1, 0.15) is 6.04 Å². The first kappa shape index (κ1) is 14.8. The van der Waals surface area contributed by atoms with Crippen molar-refractivity contribution >= 4 is 17.9 Å². The number of imidazole rings is 1. The molecular weight excluding hydrogens is 278 g/mol. The van der Waals surface area contributed by atoms with Crippen LogP contribution in [0.2, 0.25) is 0 Å². The number of carboxylic acid groups (broad SMARTS) is 1. The van der Waals surface area contributed by atoms with E-state index in [9.17, 15) is 9.59 Å². The predicted molar refractivity (Wildman–Crippen MR) is 70.6 cm³/mol. The van der Waals surface area contributed by atoms with E-state index in [1.54, 1.807) is 6.20 Å².